The van der Waals surface area contributed by atoms with Gasteiger partial charge in [-0.1, -0.05) is 30.3 Å². The number of alkyl halides is 2. The zero-order valence-electron chi connectivity index (χ0n) is 11.2. The van der Waals surface area contributed by atoms with Gasteiger partial charge in [0, 0.05) is 25.7 Å². The molecule has 0 aliphatic carbocycles. The van der Waals surface area contributed by atoms with Gasteiger partial charge in [-0.15, -0.1) is 0 Å². The third-order valence-electron chi connectivity index (χ3n) is 3.65. The Hall–Kier alpha value is -1.69. The van der Waals surface area contributed by atoms with Crippen LogP contribution < -0.4 is 0 Å². The third-order valence-corrected chi connectivity index (χ3v) is 3.65. The Bertz CT molecular complexity index is 456. The molecule has 0 saturated carbocycles. The first-order chi connectivity index (χ1) is 9.49. The van der Waals surface area contributed by atoms with E-state index in [0.29, 0.717) is 13.1 Å². The molecule has 1 N–H and O–H groups in total. The maximum absolute atomic E-state index is 13.2. The highest BCUT2D eigenvalue weighted by atomic mass is 19.3. The normalized spacial score (nSPS) is 24.1. The van der Waals surface area contributed by atoms with E-state index in [4.69, 9.17) is 5.11 Å². The standard InChI is InChI=1S/C14H18F2N2O2/c1-10-7-17(8-11-5-3-2-4-6-11)12(13(15)16)9-18(10)14(19)20/h2-6,10,12-13H,7-9H2,1H3,(H,19,20)/t10-,12-/m1/s1. The van der Waals surface area contributed by atoms with Crippen LogP contribution in [0.3, 0.4) is 0 Å². The van der Waals surface area contributed by atoms with Gasteiger partial charge in [-0.2, -0.15) is 0 Å². The maximum Gasteiger partial charge on any atom is 0.407 e. The van der Waals surface area contributed by atoms with Crippen molar-refractivity contribution in [2.75, 3.05) is 13.1 Å². The van der Waals surface area contributed by atoms with Crippen LogP contribution >= 0.6 is 0 Å². The summed E-state index contributed by atoms with van der Waals surface area (Å²) < 4.78 is 26.4. The SMILES string of the molecule is C[C@@H]1CN(Cc2ccccc2)[C@@H](C(F)F)CN1C(=O)O. The van der Waals surface area contributed by atoms with E-state index in [-0.39, 0.29) is 12.6 Å². The van der Waals surface area contributed by atoms with Crippen LogP contribution in [0.1, 0.15) is 12.5 Å². The summed E-state index contributed by atoms with van der Waals surface area (Å²) >= 11 is 0. The summed E-state index contributed by atoms with van der Waals surface area (Å²) in [6, 6.07) is 8.04. The Morgan fingerprint density at radius 3 is 2.55 bits per heavy atom. The first-order valence-corrected chi connectivity index (χ1v) is 6.54. The number of nitrogens with zero attached hydrogens (tertiary/aromatic N) is 2. The van der Waals surface area contributed by atoms with Gasteiger partial charge in [0.25, 0.3) is 6.43 Å². The van der Waals surface area contributed by atoms with E-state index in [1.807, 2.05) is 30.3 Å². The fourth-order valence-electron chi connectivity index (χ4n) is 2.58. The number of halogens is 2. The van der Waals surface area contributed by atoms with Crippen molar-refractivity contribution in [3.05, 3.63) is 35.9 Å². The van der Waals surface area contributed by atoms with Crippen LogP contribution in [0.15, 0.2) is 30.3 Å². The lowest BCUT2D eigenvalue weighted by Crippen LogP contribution is -2.60. The lowest BCUT2D eigenvalue weighted by atomic mass is 10.1. The minimum atomic E-state index is -2.56. The van der Waals surface area contributed by atoms with Crippen molar-refractivity contribution >= 4 is 6.09 Å². The van der Waals surface area contributed by atoms with Crippen LogP contribution in [0, 0.1) is 0 Å². The first-order valence-electron chi connectivity index (χ1n) is 6.54. The molecule has 0 unspecified atom stereocenters. The highest BCUT2D eigenvalue weighted by molar-refractivity contribution is 5.65. The Labute approximate surface area is 116 Å². The molecule has 1 aromatic rings. The van der Waals surface area contributed by atoms with Gasteiger partial charge in [-0.05, 0) is 12.5 Å². The van der Waals surface area contributed by atoms with Gasteiger partial charge in [0.05, 0.1) is 6.04 Å². The van der Waals surface area contributed by atoms with Crippen LogP contribution in [-0.2, 0) is 6.54 Å². The topological polar surface area (TPSA) is 43.8 Å². The van der Waals surface area contributed by atoms with Crippen molar-refractivity contribution in [3.8, 4) is 0 Å². The largest absolute Gasteiger partial charge is 0.465 e. The molecule has 110 valence electrons. The van der Waals surface area contributed by atoms with Crippen LogP contribution in [0.2, 0.25) is 0 Å². The molecule has 2 atom stereocenters. The molecule has 20 heavy (non-hydrogen) atoms. The molecule has 0 aromatic heterocycles. The van der Waals surface area contributed by atoms with E-state index in [0.717, 1.165) is 10.5 Å². The number of hydrogen-bond donors (Lipinski definition) is 1. The highest BCUT2D eigenvalue weighted by Crippen LogP contribution is 2.22. The van der Waals surface area contributed by atoms with Crippen LogP contribution in [0.25, 0.3) is 0 Å². The van der Waals surface area contributed by atoms with Gasteiger partial charge in [0.1, 0.15) is 0 Å². The summed E-state index contributed by atoms with van der Waals surface area (Å²) in [4.78, 5) is 13.8. The molecule has 1 heterocycles. The van der Waals surface area contributed by atoms with Crippen molar-refractivity contribution in [2.45, 2.75) is 32.0 Å². The van der Waals surface area contributed by atoms with Gasteiger partial charge in [0.15, 0.2) is 0 Å². The zero-order valence-corrected chi connectivity index (χ0v) is 11.2. The van der Waals surface area contributed by atoms with E-state index >= 15 is 0 Å². The van der Waals surface area contributed by atoms with Crippen molar-refractivity contribution in [1.82, 2.24) is 9.80 Å². The summed E-state index contributed by atoms with van der Waals surface area (Å²) in [5.41, 5.74) is 0.953. The Morgan fingerprint density at radius 2 is 2.00 bits per heavy atom. The Morgan fingerprint density at radius 1 is 1.35 bits per heavy atom. The summed E-state index contributed by atoms with van der Waals surface area (Å²) in [7, 11) is 0. The third kappa shape index (κ3) is 3.25. The summed E-state index contributed by atoms with van der Waals surface area (Å²) in [6.07, 6.45) is -3.70. The smallest absolute Gasteiger partial charge is 0.407 e. The van der Waals surface area contributed by atoms with Crippen LogP contribution in [-0.4, -0.2) is 52.6 Å². The molecule has 6 heteroatoms. The monoisotopic (exact) mass is 284 g/mol. The molecule has 2 rings (SSSR count). The average Bonchev–Trinajstić information content (AvgIpc) is 2.39. The molecular formula is C14H18F2N2O2. The molecule has 0 bridgehead atoms. The minimum absolute atomic E-state index is 0.152. The van der Waals surface area contributed by atoms with Gasteiger partial charge < -0.3 is 10.0 Å². The van der Waals surface area contributed by atoms with E-state index in [1.165, 1.54) is 0 Å². The molecule has 1 amide bonds. The van der Waals surface area contributed by atoms with E-state index < -0.39 is 18.6 Å². The number of rotatable bonds is 3. The van der Waals surface area contributed by atoms with Crippen LogP contribution in [0.5, 0.6) is 0 Å². The van der Waals surface area contributed by atoms with E-state index in [1.54, 1.807) is 11.8 Å². The number of benzene rings is 1. The minimum Gasteiger partial charge on any atom is -0.465 e. The molecular weight excluding hydrogens is 266 g/mol. The molecule has 0 radical (unpaired) electrons. The first kappa shape index (κ1) is 14.7. The van der Waals surface area contributed by atoms with Crippen molar-refractivity contribution in [2.24, 2.45) is 0 Å². The fraction of sp³-hybridized carbons (Fsp3) is 0.500. The number of piperazine rings is 1. The summed E-state index contributed by atoms with van der Waals surface area (Å²) in [6.45, 7) is 2.32. The second kappa shape index (κ2) is 6.17. The summed E-state index contributed by atoms with van der Waals surface area (Å²) in [5, 5.41) is 9.05. The van der Waals surface area contributed by atoms with Gasteiger partial charge in [-0.25, -0.2) is 13.6 Å². The lowest BCUT2D eigenvalue weighted by molar-refractivity contribution is -0.0396. The second-order valence-corrected chi connectivity index (χ2v) is 5.10. The number of amides is 1. The van der Waals surface area contributed by atoms with Crippen molar-refractivity contribution in [3.63, 3.8) is 0 Å². The quantitative estimate of drug-likeness (QED) is 0.927. The predicted octanol–water partition coefficient (Wildman–Crippen LogP) is 2.50. The number of carbonyl (C=O) groups is 1. The number of hydrogen-bond acceptors (Lipinski definition) is 2. The molecule has 0 spiro atoms. The number of carboxylic acid groups (broad SMARTS) is 1. The maximum atomic E-state index is 13.2. The van der Waals surface area contributed by atoms with Gasteiger partial charge in [-0.3, -0.25) is 4.90 Å². The van der Waals surface area contributed by atoms with Gasteiger partial charge >= 0.3 is 6.09 Å². The van der Waals surface area contributed by atoms with Crippen molar-refractivity contribution in [1.29, 1.82) is 0 Å². The molecule has 1 aliphatic heterocycles. The Balaban J connectivity index is 2.13. The zero-order chi connectivity index (χ0) is 14.7. The van der Waals surface area contributed by atoms with Crippen LogP contribution in [0.4, 0.5) is 13.6 Å². The van der Waals surface area contributed by atoms with Gasteiger partial charge in [0.2, 0.25) is 0 Å². The Kier molecular flexibility index (Phi) is 4.54. The van der Waals surface area contributed by atoms with Crippen molar-refractivity contribution < 1.29 is 18.7 Å². The highest BCUT2D eigenvalue weighted by Gasteiger charge is 2.38. The lowest BCUT2D eigenvalue weighted by Gasteiger charge is -2.43. The second-order valence-electron chi connectivity index (χ2n) is 5.10. The molecule has 1 fully saturated rings. The fourth-order valence-corrected chi connectivity index (χ4v) is 2.58. The molecule has 1 aromatic carbocycles. The average molecular weight is 284 g/mol. The molecule has 1 aliphatic rings. The molecule has 1 saturated heterocycles. The molecule has 4 nitrogen and oxygen atoms in total. The predicted molar refractivity (Wildman–Crippen MR) is 70.8 cm³/mol. The summed E-state index contributed by atoms with van der Waals surface area (Å²) in [5.74, 6) is 0. The van der Waals surface area contributed by atoms with E-state index in [2.05, 4.69) is 0 Å². The van der Waals surface area contributed by atoms with E-state index in [9.17, 15) is 13.6 Å².